The second-order valence-corrected chi connectivity index (χ2v) is 5.37. The molecule has 3 aromatic rings. The van der Waals surface area contributed by atoms with Crippen molar-refractivity contribution < 1.29 is 4.74 Å². The van der Waals surface area contributed by atoms with Gasteiger partial charge in [-0.2, -0.15) is 0 Å². The van der Waals surface area contributed by atoms with Crippen LogP contribution in [0.15, 0.2) is 66.7 Å². The first-order valence-corrected chi connectivity index (χ1v) is 7.80. The molecule has 0 spiro atoms. The van der Waals surface area contributed by atoms with E-state index >= 15 is 0 Å². The Morgan fingerprint density at radius 3 is 2.45 bits per heavy atom. The smallest absolute Gasteiger partial charge is 0.119 e. The van der Waals surface area contributed by atoms with E-state index in [0.29, 0.717) is 0 Å². The number of fused-ring (bicyclic) bond motifs is 1. The molecule has 0 bridgehead atoms. The second kappa shape index (κ2) is 6.99. The molecule has 3 rings (SSSR count). The van der Waals surface area contributed by atoms with Crippen molar-refractivity contribution >= 4 is 16.5 Å². The highest BCUT2D eigenvalue weighted by atomic mass is 16.5. The third-order valence-electron chi connectivity index (χ3n) is 3.67. The van der Waals surface area contributed by atoms with Crippen LogP contribution < -0.4 is 10.1 Å². The summed E-state index contributed by atoms with van der Waals surface area (Å²) in [5.74, 6) is 0.941. The van der Waals surface area contributed by atoms with E-state index in [4.69, 9.17) is 4.74 Å². The lowest BCUT2D eigenvalue weighted by Gasteiger charge is -2.10. The maximum absolute atomic E-state index is 5.61. The van der Waals surface area contributed by atoms with Crippen molar-refractivity contribution in [3.63, 3.8) is 0 Å². The van der Waals surface area contributed by atoms with Crippen LogP contribution in [-0.4, -0.2) is 6.61 Å². The van der Waals surface area contributed by atoms with E-state index in [-0.39, 0.29) is 0 Å². The Hall–Kier alpha value is -2.48. The van der Waals surface area contributed by atoms with Gasteiger partial charge in [0.1, 0.15) is 5.75 Å². The minimum Gasteiger partial charge on any atom is -0.494 e. The fourth-order valence-corrected chi connectivity index (χ4v) is 2.50. The van der Waals surface area contributed by atoms with Crippen LogP contribution in [0.3, 0.4) is 0 Å². The van der Waals surface area contributed by atoms with Gasteiger partial charge < -0.3 is 10.1 Å². The lowest BCUT2D eigenvalue weighted by molar-refractivity contribution is 0.317. The Balaban J connectivity index is 1.69. The zero-order chi connectivity index (χ0) is 15.2. The number of hydrogen-bond acceptors (Lipinski definition) is 2. The summed E-state index contributed by atoms with van der Waals surface area (Å²) in [6.07, 6.45) is 1.03. The van der Waals surface area contributed by atoms with E-state index in [0.717, 1.165) is 25.3 Å². The first-order valence-electron chi connectivity index (χ1n) is 7.80. The van der Waals surface area contributed by atoms with Crippen LogP contribution in [0.25, 0.3) is 10.8 Å². The third kappa shape index (κ3) is 3.40. The molecule has 0 aliphatic heterocycles. The molecule has 0 saturated carbocycles. The van der Waals surface area contributed by atoms with Crippen molar-refractivity contribution in [2.24, 2.45) is 0 Å². The molecule has 0 atom stereocenters. The highest BCUT2D eigenvalue weighted by molar-refractivity contribution is 5.93. The SMILES string of the molecule is CCCOc1ccc(CNc2cccc3ccccc23)cc1. The molecule has 0 aromatic heterocycles. The van der Waals surface area contributed by atoms with Crippen LogP contribution >= 0.6 is 0 Å². The summed E-state index contributed by atoms with van der Waals surface area (Å²) in [6, 6.07) is 23.1. The maximum Gasteiger partial charge on any atom is 0.119 e. The number of nitrogens with one attached hydrogen (secondary N) is 1. The van der Waals surface area contributed by atoms with E-state index in [9.17, 15) is 0 Å². The van der Waals surface area contributed by atoms with Crippen molar-refractivity contribution in [3.05, 3.63) is 72.3 Å². The van der Waals surface area contributed by atoms with Crippen LogP contribution in [0.5, 0.6) is 5.75 Å². The lowest BCUT2D eigenvalue weighted by Crippen LogP contribution is -2.00. The molecule has 0 unspecified atom stereocenters. The molecular formula is C20H21NO. The van der Waals surface area contributed by atoms with E-state index in [2.05, 4.69) is 66.8 Å². The molecule has 1 N–H and O–H groups in total. The number of ether oxygens (including phenoxy) is 1. The Morgan fingerprint density at radius 2 is 1.64 bits per heavy atom. The highest BCUT2D eigenvalue weighted by Crippen LogP contribution is 2.23. The Bertz CT molecular complexity index is 729. The molecule has 0 saturated heterocycles. The molecule has 0 aliphatic carbocycles. The number of anilines is 1. The summed E-state index contributed by atoms with van der Waals surface area (Å²) < 4.78 is 5.61. The van der Waals surface area contributed by atoms with Gasteiger partial charge in [0, 0.05) is 17.6 Å². The molecule has 3 aromatic carbocycles. The fraction of sp³-hybridized carbons (Fsp3) is 0.200. The second-order valence-electron chi connectivity index (χ2n) is 5.37. The number of benzene rings is 3. The van der Waals surface area contributed by atoms with Crippen LogP contribution in [0.1, 0.15) is 18.9 Å². The van der Waals surface area contributed by atoms with Gasteiger partial charge in [-0.05, 0) is 35.6 Å². The molecule has 22 heavy (non-hydrogen) atoms. The Kier molecular flexibility index (Phi) is 4.59. The van der Waals surface area contributed by atoms with Gasteiger partial charge >= 0.3 is 0 Å². The van der Waals surface area contributed by atoms with E-state index in [1.165, 1.54) is 22.0 Å². The zero-order valence-corrected chi connectivity index (χ0v) is 12.9. The summed E-state index contributed by atoms with van der Waals surface area (Å²) in [7, 11) is 0. The van der Waals surface area contributed by atoms with Crippen LogP contribution in [0, 0.1) is 0 Å². The largest absolute Gasteiger partial charge is 0.494 e. The summed E-state index contributed by atoms with van der Waals surface area (Å²) in [5, 5.41) is 6.04. The first kappa shape index (κ1) is 14.5. The lowest BCUT2D eigenvalue weighted by atomic mass is 10.1. The normalized spacial score (nSPS) is 10.6. The summed E-state index contributed by atoms with van der Waals surface area (Å²) in [6.45, 7) is 3.69. The minimum absolute atomic E-state index is 0.771. The van der Waals surface area contributed by atoms with Crippen molar-refractivity contribution in [1.82, 2.24) is 0 Å². The monoisotopic (exact) mass is 291 g/mol. The molecular weight excluding hydrogens is 270 g/mol. The van der Waals surface area contributed by atoms with Gasteiger partial charge in [0.2, 0.25) is 0 Å². The van der Waals surface area contributed by atoms with Crippen LogP contribution in [0.4, 0.5) is 5.69 Å². The number of hydrogen-bond donors (Lipinski definition) is 1. The van der Waals surface area contributed by atoms with Gasteiger partial charge in [-0.1, -0.05) is 55.5 Å². The van der Waals surface area contributed by atoms with Crippen molar-refractivity contribution in [1.29, 1.82) is 0 Å². The molecule has 0 radical (unpaired) electrons. The average Bonchev–Trinajstić information content (AvgIpc) is 2.59. The Morgan fingerprint density at radius 1 is 0.864 bits per heavy atom. The van der Waals surface area contributed by atoms with E-state index in [1.807, 2.05) is 12.1 Å². The molecule has 0 heterocycles. The van der Waals surface area contributed by atoms with Gasteiger partial charge in [0.15, 0.2) is 0 Å². The first-order chi connectivity index (χ1) is 10.9. The van der Waals surface area contributed by atoms with Crippen molar-refractivity contribution in [2.75, 3.05) is 11.9 Å². The average molecular weight is 291 g/mol. The van der Waals surface area contributed by atoms with Crippen molar-refractivity contribution in [2.45, 2.75) is 19.9 Å². The summed E-state index contributed by atoms with van der Waals surface area (Å²) in [5.41, 5.74) is 2.42. The van der Waals surface area contributed by atoms with Crippen LogP contribution in [0.2, 0.25) is 0 Å². The standard InChI is InChI=1S/C20H21NO/c1-2-14-22-18-12-10-16(11-13-18)15-21-20-9-5-7-17-6-3-4-8-19(17)20/h3-13,21H,2,14-15H2,1H3. The van der Waals surface area contributed by atoms with E-state index < -0.39 is 0 Å². The zero-order valence-electron chi connectivity index (χ0n) is 12.9. The summed E-state index contributed by atoms with van der Waals surface area (Å²) in [4.78, 5) is 0. The van der Waals surface area contributed by atoms with Gasteiger partial charge in [-0.25, -0.2) is 0 Å². The van der Waals surface area contributed by atoms with E-state index in [1.54, 1.807) is 0 Å². The van der Waals surface area contributed by atoms with Crippen LogP contribution in [-0.2, 0) is 6.54 Å². The topological polar surface area (TPSA) is 21.3 Å². The van der Waals surface area contributed by atoms with Gasteiger partial charge in [0.25, 0.3) is 0 Å². The molecule has 112 valence electrons. The number of rotatable bonds is 6. The van der Waals surface area contributed by atoms with Gasteiger partial charge in [-0.3, -0.25) is 0 Å². The van der Waals surface area contributed by atoms with Gasteiger partial charge in [-0.15, -0.1) is 0 Å². The maximum atomic E-state index is 5.61. The summed E-state index contributed by atoms with van der Waals surface area (Å²) >= 11 is 0. The molecule has 2 heteroatoms. The quantitative estimate of drug-likeness (QED) is 0.670. The molecule has 0 aliphatic rings. The fourth-order valence-electron chi connectivity index (χ4n) is 2.50. The Labute approximate surface area is 131 Å². The van der Waals surface area contributed by atoms with Crippen molar-refractivity contribution in [3.8, 4) is 5.75 Å². The third-order valence-corrected chi connectivity index (χ3v) is 3.67. The molecule has 0 amide bonds. The molecule has 2 nitrogen and oxygen atoms in total. The highest BCUT2D eigenvalue weighted by Gasteiger charge is 2.00. The van der Waals surface area contributed by atoms with Gasteiger partial charge in [0.05, 0.1) is 6.61 Å². The minimum atomic E-state index is 0.771. The predicted molar refractivity (Wildman–Crippen MR) is 93.5 cm³/mol. The molecule has 0 fully saturated rings. The predicted octanol–water partition coefficient (Wildman–Crippen LogP) is 5.24.